The first-order chi connectivity index (χ1) is 8.54. The van der Waals surface area contributed by atoms with Gasteiger partial charge in [0.05, 0.1) is 6.54 Å². The first kappa shape index (κ1) is 12.6. The maximum atomic E-state index is 11.9. The molecule has 1 aromatic carbocycles. The first-order valence-electron chi connectivity index (χ1n) is 5.89. The van der Waals surface area contributed by atoms with E-state index in [2.05, 4.69) is 16.0 Å². The van der Waals surface area contributed by atoms with Crippen molar-refractivity contribution in [2.75, 3.05) is 18.9 Å². The molecule has 96 valence electrons. The molecule has 0 fully saturated rings. The highest BCUT2D eigenvalue weighted by Gasteiger charge is 2.31. The quantitative estimate of drug-likeness (QED) is 0.734. The molecule has 3 N–H and O–H groups in total. The van der Waals surface area contributed by atoms with Gasteiger partial charge in [0.15, 0.2) is 0 Å². The third kappa shape index (κ3) is 2.09. The third-order valence-electron chi connectivity index (χ3n) is 3.34. The van der Waals surface area contributed by atoms with E-state index in [4.69, 9.17) is 0 Å². The molecule has 1 atom stereocenters. The standard InChI is InChI=1S/C13H17N3O2/c1-7-4-5-9-11(8(7)2)16-13(18)12(9)15-6-10(17)14-3/h4-5,12,15H,6H2,1-3H3,(H,14,17)(H,16,18). The summed E-state index contributed by atoms with van der Waals surface area (Å²) in [4.78, 5) is 23.1. The second kappa shape index (κ2) is 4.78. The van der Waals surface area contributed by atoms with Gasteiger partial charge in [-0.05, 0) is 25.0 Å². The molecule has 0 radical (unpaired) electrons. The Morgan fingerprint density at radius 1 is 1.39 bits per heavy atom. The summed E-state index contributed by atoms with van der Waals surface area (Å²) in [7, 11) is 1.57. The zero-order chi connectivity index (χ0) is 13.3. The topological polar surface area (TPSA) is 70.2 Å². The summed E-state index contributed by atoms with van der Waals surface area (Å²) in [6.45, 7) is 4.11. The smallest absolute Gasteiger partial charge is 0.246 e. The van der Waals surface area contributed by atoms with Crippen molar-refractivity contribution in [3.05, 3.63) is 28.8 Å². The minimum atomic E-state index is -0.448. The van der Waals surface area contributed by atoms with Crippen molar-refractivity contribution in [1.29, 1.82) is 0 Å². The molecular formula is C13H17N3O2. The molecular weight excluding hydrogens is 230 g/mol. The lowest BCUT2D eigenvalue weighted by molar-refractivity contribution is -0.120. The van der Waals surface area contributed by atoms with Gasteiger partial charge in [-0.25, -0.2) is 0 Å². The Balaban J connectivity index is 2.23. The van der Waals surface area contributed by atoms with E-state index in [0.717, 1.165) is 22.4 Å². The van der Waals surface area contributed by atoms with E-state index < -0.39 is 6.04 Å². The minimum Gasteiger partial charge on any atom is -0.358 e. The maximum Gasteiger partial charge on any atom is 0.246 e. The van der Waals surface area contributed by atoms with E-state index in [1.165, 1.54) is 0 Å². The van der Waals surface area contributed by atoms with Gasteiger partial charge in [-0.2, -0.15) is 0 Å². The van der Waals surface area contributed by atoms with Gasteiger partial charge in [0.2, 0.25) is 11.8 Å². The van der Waals surface area contributed by atoms with E-state index in [-0.39, 0.29) is 18.4 Å². The van der Waals surface area contributed by atoms with Crippen LogP contribution in [0.1, 0.15) is 22.7 Å². The number of amides is 2. The number of hydrogen-bond donors (Lipinski definition) is 3. The highest BCUT2D eigenvalue weighted by molar-refractivity contribution is 6.03. The van der Waals surface area contributed by atoms with Crippen LogP contribution in [0.4, 0.5) is 5.69 Å². The largest absolute Gasteiger partial charge is 0.358 e. The molecule has 0 saturated heterocycles. The average Bonchev–Trinajstić information content (AvgIpc) is 2.68. The van der Waals surface area contributed by atoms with Crippen molar-refractivity contribution in [2.24, 2.45) is 0 Å². The average molecular weight is 247 g/mol. The lowest BCUT2D eigenvalue weighted by Gasteiger charge is -2.11. The van der Waals surface area contributed by atoms with Gasteiger partial charge >= 0.3 is 0 Å². The number of benzene rings is 1. The monoisotopic (exact) mass is 247 g/mol. The molecule has 1 unspecified atom stereocenters. The minimum absolute atomic E-state index is 0.109. The van der Waals surface area contributed by atoms with Gasteiger partial charge in [-0.3, -0.25) is 14.9 Å². The van der Waals surface area contributed by atoms with Crippen molar-refractivity contribution >= 4 is 17.5 Å². The first-order valence-corrected chi connectivity index (χ1v) is 5.89. The zero-order valence-corrected chi connectivity index (χ0v) is 10.8. The fraction of sp³-hybridized carbons (Fsp3) is 0.385. The Hall–Kier alpha value is -1.88. The second-order valence-electron chi connectivity index (χ2n) is 4.45. The molecule has 0 aliphatic carbocycles. The predicted molar refractivity (Wildman–Crippen MR) is 69.4 cm³/mol. The van der Waals surface area contributed by atoms with Crippen LogP contribution < -0.4 is 16.0 Å². The summed E-state index contributed by atoms with van der Waals surface area (Å²) >= 11 is 0. The summed E-state index contributed by atoms with van der Waals surface area (Å²) in [6.07, 6.45) is 0. The second-order valence-corrected chi connectivity index (χ2v) is 4.45. The fourth-order valence-electron chi connectivity index (χ4n) is 2.07. The van der Waals surface area contributed by atoms with Crippen molar-refractivity contribution in [3.63, 3.8) is 0 Å². The predicted octanol–water partition coefficient (Wildman–Crippen LogP) is 0.632. The van der Waals surface area contributed by atoms with E-state index in [1.54, 1.807) is 7.05 Å². The fourth-order valence-corrected chi connectivity index (χ4v) is 2.07. The number of nitrogens with one attached hydrogen (secondary N) is 3. The van der Waals surface area contributed by atoms with Gasteiger partial charge in [0.1, 0.15) is 6.04 Å². The zero-order valence-electron chi connectivity index (χ0n) is 10.8. The number of fused-ring (bicyclic) bond motifs is 1. The molecule has 18 heavy (non-hydrogen) atoms. The summed E-state index contributed by atoms with van der Waals surface area (Å²) in [5, 5.41) is 8.34. The summed E-state index contributed by atoms with van der Waals surface area (Å²) < 4.78 is 0. The SMILES string of the molecule is CNC(=O)CNC1C(=O)Nc2c1ccc(C)c2C. The lowest BCUT2D eigenvalue weighted by Crippen LogP contribution is -2.36. The van der Waals surface area contributed by atoms with Gasteiger partial charge in [-0.15, -0.1) is 0 Å². The Bertz CT molecular complexity index is 511. The van der Waals surface area contributed by atoms with Crippen molar-refractivity contribution in [2.45, 2.75) is 19.9 Å². The molecule has 1 aromatic rings. The van der Waals surface area contributed by atoms with E-state index >= 15 is 0 Å². The van der Waals surface area contributed by atoms with Gasteiger partial charge in [0.25, 0.3) is 0 Å². The summed E-state index contributed by atoms with van der Waals surface area (Å²) in [6, 6.07) is 3.47. The Morgan fingerprint density at radius 3 is 2.78 bits per heavy atom. The number of anilines is 1. The third-order valence-corrected chi connectivity index (χ3v) is 3.34. The molecule has 0 saturated carbocycles. The molecule has 1 aliphatic rings. The molecule has 1 heterocycles. The molecule has 2 amide bonds. The van der Waals surface area contributed by atoms with Crippen LogP contribution in [0.3, 0.4) is 0 Å². The Morgan fingerprint density at radius 2 is 2.11 bits per heavy atom. The van der Waals surface area contributed by atoms with Crippen molar-refractivity contribution < 1.29 is 9.59 Å². The highest BCUT2D eigenvalue weighted by Crippen LogP contribution is 2.34. The molecule has 0 spiro atoms. The van der Waals surface area contributed by atoms with E-state index in [9.17, 15) is 9.59 Å². The Kier molecular flexibility index (Phi) is 3.34. The van der Waals surface area contributed by atoms with Crippen LogP contribution >= 0.6 is 0 Å². The molecule has 5 heteroatoms. The van der Waals surface area contributed by atoms with Crippen molar-refractivity contribution in [1.82, 2.24) is 10.6 Å². The van der Waals surface area contributed by atoms with Gasteiger partial charge < -0.3 is 10.6 Å². The maximum absolute atomic E-state index is 11.9. The Labute approximate surface area is 106 Å². The van der Waals surface area contributed by atoms with Crippen molar-refractivity contribution in [3.8, 4) is 0 Å². The molecule has 5 nitrogen and oxygen atoms in total. The summed E-state index contributed by atoms with van der Waals surface area (Å²) in [5.74, 6) is -0.248. The van der Waals surface area contributed by atoms with E-state index in [0.29, 0.717) is 0 Å². The summed E-state index contributed by atoms with van der Waals surface area (Å²) in [5.41, 5.74) is 3.99. The van der Waals surface area contributed by atoms with Crippen LogP contribution in [0.25, 0.3) is 0 Å². The van der Waals surface area contributed by atoms with Crippen LogP contribution in [0.2, 0.25) is 0 Å². The number of carbonyl (C=O) groups excluding carboxylic acids is 2. The lowest BCUT2D eigenvalue weighted by atomic mass is 10.0. The van der Waals surface area contributed by atoms with Gasteiger partial charge in [0, 0.05) is 18.3 Å². The molecule has 1 aliphatic heterocycles. The normalized spacial score (nSPS) is 17.3. The van der Waals surface area contributed by atoms with Crippen LogP contribution in [0, 0.1) is 13.8 Å². The van der Waals surface area contributed by atoms with Crippen LogP contribution in [0.15, 0.2) is 12.1 Å². The number of carbonyl (C=O) groups is 2. The molecule has 0 aromatic heterocycles. The van der Waals surface area contributed by atoms with Crippen LogP contribution in [-0.2, 0) is 9.59 Å². The number of hydrogen-bond acceptors (Lipinski definition) is 3. The number of aryl methyl sites for hydroxylation is 1. The van der Waals surface area contributed by atoms with Crippen LogP contribution in [-0.4, -0.2) is 25.4 Å². The molecule has 2 rings (SSSR count). The van der Waals surface area contributed by atoms with E-state index in [1.807, 2.05) is 26.0 Å². The van der Waals surface area contributed by atoms with Gasteiger partial charge in [-0.1, -0.05) is 12.1 Å². The molecule has 0 bridgehead atoms. The number of rotatable bonds is 3. The van der Waals surface area contributed by atoms with Crippen LogP contribution in [0.5, 0.6) is 0 Å². The number of likely N-dealkylation sites (N-methyl/N-ethyl adjacent to an activating group) is 1. The highest BCUT2D eigenvalue weighted by atomic mass is 16.2.